The highest BCUT2D eigenvalue weighted by Gasteiger charge is 2.07. The van der Waals surface area contributed by atoms with Crippen molar-refractivity contribution in [3.63, 3.8) is 0 Å². The van der Waals surface area contributed by atoms with Crippen LogP contribution in [-0.2, 0) is 18.4 Å². The molecule has 1 N–H and O–H groups in total. The minimum atomic E-state index is -0.288. The second-order valence-corrected chi connectivity index (χ2v) is 3.40. The van der Waals surface area contributed by atoms with E-state index in [1.807, 2.05) is 13.8 Å². The first-order valence-corrected chi connectivity index (χ1v) is 4.38. The van der Waals surface area contributed by atoms with E-state index in [-0.39, 0.29) is 24.2 Å². The van der Waals surface area contributed by atoms with E-state index < -0.39 is 0 Å². The first-order valence-electron chi connectivity index (χ1n) is 4.38. The highest BCUT2D eigenvalue weighted by atomic mass is 16.2. The van der Waals surface area contributed by atoms with Crippen LogP contribution in [0, 0.1) is 0 Å². The summed E-state index contributed by atoms with van der Waals surface area (Å²) in [5.74, 6) is -0.208. The van der Waals surface area contributed by atoms with Gasteiger partial charge in [0.05, 0.1) is 0 Å². The van der Waals surface area contributed by atoms with Crippen LogP contribution in [0.5, 0.6) is 0 Å². The third-order valence-electron chi connectivity index (χ3n) is 1.63. The smallest absolute Gasteiger partial charge is 0.345 e. The normalized spacial score (nSPS) is 10.6. The Balaban J connectivity index is 2.65. The number of nitrogens with one attached hydrogen (secondary N) is 1. The number of amides is 1. The van der Waals surface area contributed by atoms with Crippen LogP contribution in [0.15, 0.2) is 11.1 Å². The number of nitrogens with zero attached hydrogens (tertiary/aromatic N) is 3. The molecule has 0 radical (unpaired) electrons. The van der Waals surface area contributed by atoms with E-state index >= 15 is 0 Å². The summed E-state index contributed by atoms with van der Waals surface area (Å²) in [7, 11) is 1.59. The molecule has 6 heteroatoms. The second-order valence-electron chi connectivity index (χ2n) is 3.40. The van der Waals surface area contributed by atoms with Crippen LogP contribution in [0.1, 0.15) is 13.8 Å². The molecule has 0 aliphatic carbocycles. The summed E-state index contributed by atoms with van der Waals surface area (Å²) in [6, 6.07) is 0.0712. The molecular formula is C8H14N4O2. The summed E-state index contributed by atoms with van der Waals surface area (Å²) < 4.78 is 2.44. The molecule has 0 aromatic carbocycles. The number of carbonyl (C=O) groups excluding carboxylic acids is 1. The lowest BCUT2D eigenvalue weighted by molar-refractivity contribution is -0.122. The largest absolute Gasteiger partial charge is 0.352 e. The monoisotopic (exact) mass is 198 g/mol. The van der Waals surface area contributed by atoms with Crippen LogP contribution in [0.3, 0.4) is 0 Å². The van der Waals surface area contributed by atoms with Gasteiger partial charge in [0, 0.05) is 13.1 Å². The molecule has 0 aliphatic rings. The number of aryl methyl sites for hydroxylation is 1. The predicted octanol–water partition coefficient (Wildman–Crippen LogP) is -0.894. The van der Waals surface area contributed by atoms with Crippen molar-refractivity contribution in [3.8, 4) is 0 Å². The lowest BCUT2D eigenvalue weighted by atomic mass is 10.4. The van der Waals surface area contributed by atoms with Gasteiger partial charge < -0.3 is 5.32 Å². The van der Waals surface area contributed by atoms with Gasteiger partial charge in [0.25, 0.3) is 0 Å². The molecule has 0 atom stereocenters. The number of aromatic nitrogens is 3. The molecule has 0 fully saturated rings. The van der Waals surface area contributed by atoms with E-state index in [9.17, 15) is 9.59 Å². The van der Waals surface area contributed by atoms with Crippen LogP contribution in [-0.4, -0.2) is 26.3 Å². The first kappa shape index (κ1) is 10.5. The van der Waals surface area contributed by atoms with E-state index in [0.29, 0.717) is 0 Å². The van der Waals surface area contributed by atoms with Crippen molar-refractivity contribution in [1.29, 1.82) is 0 Å². The Kier molecular flexibility index (Phi) is 3.06. The van der Waals surface area contributed by atoms with Gasteiger partial charge in [-0.2, -0.15) is 5.10 Å². The Morgan fingerprint density at radius 3 is 2.71 bits per heavy atom. The standard InChI is InChI=1S/C8H14N4O2/c1-6(2)10-7(13)4-12-8(14)11(3)5-9-12/h5-6H,4H2,1-3H3,(H,10,13). The Hall–Kier alpha value is -1.59. The van der Waals surface area contributed by atoms with Crippen LogP contribution < -0.4 is 11.0 Å². The number of hydrogen-bond donors (Lipinski definition) is 1. The zero-order chi connectivity index (χ0) is 10.7. The van der Waals surface area contributed by atoms with E-state index in [2.05, 4.69) is 10.4 Å². The number of hydrogen-bond acceptors (Lipinski definition) is 3. The average molecular weight is 198 g/mol. The van der Waals surface area contributed by atoms with Gasteiger partial charge in [-0.1, -0.05) is 0 Å². The second kappa shape index (κ2) is 4.08. The third-order valence-corrected chi connectivity index (χ3v) is 1.63. The molecule has 1 aromatic rings. The van der Waals surface area contributed by atoms with E-state index in [1.165, 1.54) is 10.9 Å². The number of carbonyl (C=O) groups is 1. The maximum atomic E-state index is 11.3. The lowest BCUT2D eigenvalue weighted by Gasteiger charge is -2.06. The van der Waals surface area contributed by atoms with Crippen LogP contribution in [0.25, 0.3) is 0 Å². The molecule has 1 amide bonds. The molecule has 0 unspecified atom stereocenters. The van der Waals surface area contributed by atoms with Gasteiger partial charge >= 0.3 is 5.69 Å². The molecule has 0 saturated carbocycles. The SMILES string of the molecule is CC(C)NC(=O)Cn1ncn(C)c1=O. The molecule has 0 aliphatic heterocycles. The molecule has 1 rings (SSSR count). The predicted molar refractivity (Wildman–Crippen MR) is 50.7 cm³/mol. The van der Waals surface area contributed by atoms with E-state index in [1.54, 1.807) is 7.05 Å². The summed E-state index contributed by atoms with van der Waals surface area (Å²) in [5, 5.41) is 6.45. The summed E-state index contributed by atoms with van der Waals surface area (Å²) in [4.78, 5) is 22.5. The van der Waals surface area contributed by atoms with Gasteiger partial charge in [-0.25, -0.2) is 9.48 Å². The molecular weight excluding hydrogens is 184 g/mol. The maximum absolute atomic E-state index is 11.3. The van der Waals surface area contributed by atoms with Crippen molar-refractivity contribution in [2.75, 3.05) is 0 Å². The van der Waals surface area contributed by atoms with Gasteiger partial charge in [-0.3, -0.25) is 9.36 Å². The molecule has 78 valence electrons. The summed E-state index contributed by atoms with van der Waals surface area (Å²) in [6.45, 7) is 3.69. The van der Waals surface area contributed by atoms with Gasteiger partial charge in [0.15, 0.2) is 0 Å². The fourth-order valence-electron chi connectivity index (χ4n) is 1.03. The van der Waals surface area contributed by atoms with Gasteiger partial charge in [0.1, 0.15) is 12.9 Å². The van der Waals surface area contributed by atoms with Crippen molar-refractivity contribution >= 4 is 5.91 Å². The van der Waals surface area contributed by atoms with Crippen molar-refractivity contribution in [2.45, 2.75) is 26.4 Å². The Bertz CT molecular complexity index is 377. The Morgan fingerprint density at radius 1 is 1.64 bits per heavy atom. The van der Waals surface area contributed by atoms with Crippen LogP contribution in [0.4, 0.5) is 0 Å². The first-order chi connectivity index (χ1) is 6.50. The van der Waals surface area contributed by atoms with Crippen molar-refractivity contribution in [3.05, 3.63) is 16.8 Å². The molecule has 0 saturated heterocycles. The van der Waals surface area contributed by atoms with Crippen molar-refractivity contribution in [1.82, 2.24) is 19.7 Å². The van der Waals surface area contributed by atoms with E-state index in [0.717, 1.165) is 4.68 Å². The molecule has 1 heterocycles. The Morgan fingerprint density at radius 2 is 2.29 bits per heavy atom. The number of rotatable bonds is 3. The third kappa shape index (κ3) is 2.45. The van der Waals surface area contributed by atoms with Crippen LogP contribution in [0.2, 0.25) is 0 Å². The highest BCUT2D eigenvalue weighted by molar-refractivity contribution is 5.75. The topological polar surface area (TPSA) is 68.9 Å². The summed E-state index contributed by atoms with van der Waals surface area (Å²) >= 11 is 0. The van der Waals surface area contributed by atoms with Crippen molar-refractivity contribution in [2.24, 2.45) is 7.05 Å². The Labute approximate surface area is 81.5 Å². The minimum Gasteiger partial charge on any atom is -0.352 e. The average Bonchev–Trinajstić information content (AvgIpc) is 2.34. The molecule has 1 aromatic heterocycles. The van der Waals surface area contributed by atoms with Gasteiger partial charge in [-0.05, 0) is 13.8 Å². The molecule has 0 bridgehead atoms. The zero-order valence-electron chi connectivity index (χ0n) is 8.52. The quantitative estimate of drug-likeness (QED) is 0.684. The van der Waals surface area contributed by atoms with Gasteiger partial charge in [-0.15, -0.1) is 0 Å². The highest BCUT2D eigenvalue weighted by Crippen LogP contribution is 1.81. The maximum Gasteiger partial charge on any atom is 0.345 e. The molecule has 14 heavy (non-hydrogen) atoms. The lowest BCUT2D eigenvalue weighted by Crippen LogP contribution is -2.36. The van der Waals surface area contributed by atoms with Crippen molar-refractivity contribution < 1.29 is 4.79 Å². The van der Waals surface area contributed by atoms with E-state index in [4.69, 9.17) is 0 Å². The fourth-order valence-corrected chi connectivity index (χ4v) is 1.03. The molecule has 0 spiro atoms. The zero-order valence-corrected chi connectivity index (χ0v) is 8.52. The fraction of sp³-hybridized carbons (Fsp3) is 0.625. The minimum absolute atomic E-state index is 0.0299. The van der Waals surface area contributed by atoms with Gasteiger partial charge in [0.2, 0.25) is 5.91 Å². The summed E-state index contributed by atoms with van der Waals surface area (Å²) in [6.07, 6.45) is 1.38. The molecule has 6 nitrogen and oxygen atoms in total. The van der Waals surface area contributed by atoms with Crippen LogP contribution >= 0.6 is 0 Å². The summed E-state index contributed by atoms with van der Waals surface area (Å²) in [5.41, 5.74) is -0.288.